The molecule has 0 aromatic rings. The summed E-state index contributed by atoms with van der Waals surface area (Å²) in [6.07, 6.45) is 105. The number of likely N-dealkylation sites (tertiary alicyclic amines) is 2. The van der Waals surface area contributed by atoms with Crippen LogP contribution >= 0.6 is 0 Å². The summed E-state index contributed by atoms with van der Waals surface area (Å²) < 4.78 is 0. The molecule has 9 heteroatoms. The van der Waals surface area contributed by atoms with E-state index in [-0.39, 0.29) is 35.5 Å². The monoisotopic (exact) mass is 1390 g/mol. The topological polar surface area (TPSA) is 111 Å². The summed E-state index contributed by atoms with van der Waals surface area (Å²) in [7, 11) is 0. The molecule has 0 aromatic carbocycles. The SMILES string of the molecule is CCCCCCCCCCCCCCCCCCCCCCCCCCCCCCCCCC/C=C/C1CC(=O)N(CCNCCNCCNCCN2C(=O)CC(/C=C/CCCCCCCCCCCCCCCCCCCCCCCCCCCCCCCCCCCC)C2=O)C1=O. The molecule has 0 spiro atoms. The Kier molecular flexibility index (Phi) is 70.5. The summed E-state index contributed by atoms with van der Waals surface area (Å²) in [5, 5.41) is 10.1. The minimum atomic E-state index is -0.308. The molecule has 580 valence electrons. The van der Waals surface area contributed by atoms with Crippen LogP contribution in [0.3, 0.4) is 0 Å². The zero-order chi connectivity index (χ0) is 70.7. The molecule has 2 saturated heterocycles. The Labute approximate surface area is 617 Å². The Morgan fingerprint density at radius 1 is 0.242 bits per heavy atom. The lowest BCUT2D eigenvalue weighted by Gasteiger charge is -2.15. The molecule has 3 N–H and O–H groups in total. The summed E-state index contributed by atoms with van der Waals surface area (Å²) in [4.78, 5) is 54.3. The summed E-state index contributed by atoms with van der Waals surface area (Å²) in [6.45, 7) is 9.62. The first kappa shape index (κ1) is 92.7. The fourth-order valence-corrected chi connectivity index (χ4v) is 15.5. The predicted molar refractivity (Wildman–Crippen MR) is 432 cm³/mol. The summed E-state index contributed by atoms with van der Waals surface area (Å²) in [5.41, 5.74) is 0. The number of nitrogens with zero attached hydrogens (tertiary/aromatic N) is 2. The number of unbranched alkanes of at least 4 members (excludes halogenated alkanes) is 66. The molecule has 0 aliphatic carbocycles. The van der Waals surface area contributed by atoms with E-state index in [0.717, 1.165) is 51.9 Å². The van der Waals surface area contributed by atoms with Gasteiger partial charge in [0.15, 0.2) is 0 Å². The Morgan fingerprint density at radius 3 is 0.586 bits per heavy atom. The first-order valence-electron chi connectivity index (χ1n) is 45.1. The molecule has 4 amide bonds. The van der Waals surface area contributed by atoms with Crippen molar-refractivity contribution in [2.75, 3.05) is 52.4 Å². The van der Waals surface area contributed by atoms with Gasteiger partial charge in [0.2, 0.25) is 23.6 Å². The van der Waals surface area contributed by atoms with Gasteiger partial charge in [0.1, 0.15) is 0 Å². The van der Waals surface area contributed by atoms with E-state index in [4.69, 9.17) is 0 Å². The minimum Gasteiger partial charge on any atom is -0.314 e. The molecule has 0 saturated carbocycles. The Balaban J connectivity index is 1.25. The third-order valence-electron chi connectivity index (χ3n) is 22.2. The van der Waals surface area contributed by atoms with Crippen LogP contribution in [0.1, 0.15) is 463 Å². The van der Waals surface area contributed by atoms with Crippen molar-refractivity contribution in [3.63, 3.8) is 0 Å². The number of nitrogens with one attached hydrogen (secondary N) is 3. The molecule has 2 aliphatic heterocycles. The predicted octanol–water partition coefficient (Wildman–Crippen LogP) is 26.2. The van der Waals surface area contributed by atoms with Crippen molar-refractivity contribution >= 4 is 23.6 Å². The second-order valence-corrected chi connectivity index (χ2v) is 31.7. The zero-order valence-corrected chi connectivity index (χ0v) is 66.6. The number of imide groups is 2. The Bertz CT molecular complexity index is 1800. The summed E-state index contributed by atoms with van der Waals surface area (Å²) in [6, 6.07) is 0. The van der Waals surface area contributed by atoms with Crippen LogP contribution in [-0.4, -0.2) is 85.8 Å². The first-order chi connectivity index (χ1) is 49.0. The molecule has 99 heavy (non-hydrogen) atoms. The van der Waals surface area contributed by atoms with Crippen LogP contribution in [0, 0.1) is 11.8 Å². The summed E-state index contributed by atoms with van der Waals surface area (Å²) in [5.74, 6) is -0.850. The van der Waals surface area contributed by atoms with Gasteiger partial charge in [-0.1, -0.05) is 449 Å². The first-order valence-corrected chi connectivity index (χ1v) is 45.1. The average molecular weight is 1390 g/mol. The molecular formula is C90H171N5O4. The maximum Gasteiger partial charge on any atom is 0.236 e. The van der Waals surface area contributed by atoms with Gasteiger partial charge in [-0.2, -0.15) is 0 Å². The van der Waals surface area contributed by atoms with E-state index < -0.39 is 0 Å². The molecular weight excluding hydrogens is 1220 g/mol. The van der Waals surface area contributed by atoms with Gasteiger partial charge in [-0.05, 0) is 25.7 Å². The van der Waals surface area contributed by atoms with Gasteiger partial charge in [-0.15, -0.1) is 0 Å². The Morgan fingerprint density at radius 2 is 0.404 bits per heavy atom. The van der Waals surface area contributed by atoms with Crippen LogP contribution in [0.4, 0.5) is 0 Å². The molecule has 2 heterocycles. The van der Waals surface area contributed by atoms with Gasteiger partial charge in [-0.25, -0.2) is 0 Å². The van der Waals surface area contributed by atoms with E-state index in [1.165, 1.54) is 421 Å². The second kappa shape index (κ2) is 75.3. The number of allylic oxidation sites excluding steroid dienone is 2. The van der Waals surface area contributed by atoms with Gasteiger partial charge in [-0.3, -0.25) is 29.0 Å². The maximum atomic E-state index is 13.0. The quantitative estimate of drug-likeness (QED) is 0.0316. The second-order valence-electron chi connectivity index (χ2n) is 31.7. The fraction of sp³-hybridized carbons (Fsp3) is 0.911. The zero-order valence-electron chi connectivity index (χ0n) is 66.6. The molecule has 0 aromatic heterocycles. The normalized spacial score (nSPS) is 15.2. The third kappa shape index (κ3) is 60.6. The number of hydrogen-bond donors (Lipinski definition) is 3. The van der Waals surface area contributed by atoms with E-state index in [9.17, 15) is 19.2 Å². The van der Waals surface area contributed by atoms with E-state index in [0.29, 0.717) is 39.0 Å². The third-order valence-corrected chi connectivity index (χ3v) is 22.2. The van der Waals surface area contributed by atoms with E-state index in [1.807, 2.05) is 12.2 Å². The molecule has 2 unspecified atom stereocenters. The van der Waals surface area contributed by atoms with E-state index in [1.54, 1.807) is 0 Å². The van der Waals surface area contributed by atoms with Crippen molar-refractivity contribution in [3.8, 4) is 0 Å². The van der Waals surface area contributed by atoms with Gasteiger partial charge < -0.3 is 16.0 Å². The van der Waals surface area contributed by atoms with E-state index >= 15 is 0 Å². The van der Waals surface area contributed by atoms with E-state index in [2.05, 4.69) is 41.9 Å². The highest BCUT2D eigenvalue weighted by atomic mass is 16.2. The van der Waals surface area contributed by atoms with Crippen LogP contribution in [0.15, 0.2) is 24.3 Å². The molecule has 9 nitrogen and oxygen atoms in total. The van der Waals surface area contributed by atoms with Crippen LogP contribution in [0.25, 0.3) is 0 Å². The van der Waals surface area contributed by atoms with Crippen molar-refractivity contribution in [2.24, 2.45) is 11.8 Å². The lowest BCUT2D eigenvalue weighted by molar-refractivity contribution is -0.140. The molecule has 2 rings (SSSR count). The highest BCUT2D eigenvalue weighted by Gasteiger charge is 2.37. The maximum absolute atomic E-state index is 13.0. The van der Waals surface area contributed by atoms with Crippen molar-refractivity contribution in [2.45, 2.75) is 463 Å². The van der Waals surface area contributed by atoms with Crippen LogP contribution < -0.4 is 16.0 Å². The number of amides is 4. The van der Waals surface area contributed by atoms with Gasteiger partial charge in [0.05, 0.1) is 11.8 Å². The smallest absolute Gasteiger partial charge is 0.236 e. The van der Waals surface area contributed by atoms with Gasteiger partial charge in [0, 0.05) is 65.2 Å². The molecule has 2 fully saturated rings. The highest BCUT2D eigenvalue weighted by Crippen LogP contribution is 2.25. The fourth-order valence-electron chi connectivity index (χ4n) is 15.5. The van der Waals surface area contributed by atoms with Gasteiger partial charge >= 0.3 is 0 Å². The Hall–Kier alpha value is -2.36. The average Bonchev–Trinajstić information content (AvgIpc) is 1.71. The molecule has 0 radical (unpaired) electrons. The van der Waals surface area contributed by atoms with Gasteiger partial charge in [0.25, 0.3) is 0 Å². The molecule has 0 bridgehead atoms. The van der Waals surface area contributed by atoms with Crippen LogP contribution in [0.2, 0.25) is 0 Å². The number of hydrogen-bond acceptors (Lipinski definition) is 7. The number of carbonyl (C=O) groups excluding carboxylic acids is 4. The number of rotatable bonds is 82. The van der Waals surface area contributed by atoms with Crippen LogP contribution in [-0.2, 0) is 19.2 Å². The largest absolute Gasteiger partial charge is 0.314 e. The van der Waals surface area contributed by atoms with Crippen LogP contribution in [0.5, 0.6) is 0 Å². The standard InChI is InChI=1S/C90H171N5O4/c1-3-5-7-9-11-13-15-17-19-21-23-25-27-29-31-33-35-37-39-40-42-44-46-48-50-52-54-56-58-60-62-64-66-68-70-72-74-86-84-88(97)95(90(86)99)82-80-93-78-76-91-75-77-92-79-81-94-87(96)83-85(89(94)98)73-71-69-67-65-63-61-59-57-55-53-51-49-47-45-43-41-38-36-34-32-30-28-26-24-22-20-18-16-14-12-10-8-6-4-2/h71-74,85-86,91-93H,3-70,75-84H2,1-2H3/b73-71+,74-72+. The highest BCUT2D eigenvalue weighted by molar-refractivity contribution is 6.05. The lowest BCUT2D eigenvalue weighted by atomic mass is 10.0. The molecule has 2 atom stereocenters. The minimum absolute atomic E-state index is 0.0552. The molecule has 2 aliphatic rings. The summed E-state index contributed by atoms with van der Waals surface area (Å²) >= 11 is 0. The van der Waals surface area contributed by atoms with Crippen molar-refractivity contribution in [3.05, 3.63) is 24.3 Å². The van der Waals surface area contributed by atoms with Crippen molar-refractivity contribution in [1.29, 1.82) is 0 Å². The van der Waals surface area contributed by atoms with Crippen molar-refractivity contribution in [1.82, 2.24) is 25.8 Å². The number of carbonyl (C=O) groups is 4. The van der Waals surface area contributed by atoms with Crippen molar-refractivity contribution < 1.29 is 19.2 Å². The lowest BCUT2D eigenvalue weighted by Crippen LogP contribution is -2.40.